The molecule has 0 bridgehead atoms. The highest BCUT2D eigenvalue weighted by molar-refractivity contribution is 7.99. The molecule has 0 radical (unpaired) electrons. The van der Waals surface area contributed by atoms with Crippen LogP contribution in [0, 0.1) is 19.8 Å². The van der Waals surface area contributed by atoms with Gasteiger partial charge < -0.3 is 14.6 Å². The van der Waals surface area contributed by atoms with Gasteiger partial charge in [-0.25, -0.2) is 4.98 Å². The molecule has 1 aromatic heterocycles. The van der Waals surface area contributed by atoms with Gasteiger partial charge in [-0.3, -0.25) is 4.79 Å². The van der Waals surface area contributed by atoms with E-state index in [0.717, 1.165) is 17.4 Å². The Bertz CT molecular complexity index is 444. The third-order valence-corrected chi connectivity index (χ3v) is 3.91. The molecule has 5 nitrogen and oxygen atoms in total. The van der Waals surface area contributed by atoms with Gasteiger partial charge in [-0.1, -0.05) is 25.6 Å². The fourth-order valence-corrected chi connectivity index (χ4v) is 2.72. The van der Waals surface area contributed by atoms with Crippen molar-refractivity contribution in [2.24, 2.45) is 5.92 Å². The minimum Gasteiger partial charge on any atom is -0.383 e. The first-order chi connectivity index (χ1) is 9.45. The number of thioether (sulfide) groups is 1. The van der Waals surface area contributed by atoms with Crippen molar-refractivity contribution in [2.45, 2.75) is 39.4 Å². The average molecular weight is 299 g/mol. The molecule has 1 heterocycles. The molecule has 1 amide bonds. The maximum Gasteiger partial charge on any atom is 0.230 e. The minimum absolute atomic E-state index is 0.0152. The van der Waals surface area contributed by atoms with Crippen LogP contribution in [0.15, 0.2) is 5.16 Å². The summed E-state index contributed by atoms with van der Waals surface area (Å²) in [4.78, 5) is 16.2. The van der Waals surface area contributed by atoms with Gasteiger partial charge in [-0.15, -0.1) is 0 Å². The van der Waals surface area contributed by atoms with E-state index in [4.69, 9.17) is 4.74 Å². The predicted octanol–water partition coefficient (Wildman–Crippen LogP) is 2.01. The second-order valence-electron chi connectivity index (χ2n) is 5.20. The Morgan fingerprint density at radius 3 is 2.75 bits per heavy atom. The highest BCUT2D eigenvalue weighted by Gasteiger charge is 2.14. The zero-order valence-corrected chi connectivity index (χ0v) is 13.8. The summed E-state index contributed by atoms with van der Waals surface area (Å²) in [6.07, 6.45) is 0. The first kappa shape index (κ1) is 17.0. The maximum absolute atomic E-state index is 11.7. The number of carbonyl (C=O) groups is 1. The summed E-state index contributed by atoms with van der Waals surface area (Å²) >= 11 is 1.49. The Labute approximate surface area is 125 Å². The number of carbonyl (C=O) groups excluding carboxylic acids is 1. The lowest BCUT2D eigenvalue weighted by Gasteiger charge is -2.12. The van der Waals surface area contributed by atoms with Crippen molar-refractivity contribution in [3.05, 3.63) is 11.4 Å². The highest BCUT2D eigenvalue weighted by Crippen LogP contribution is 2.22. The van der Waals surface area contributed by atoms with Gasteiger partial charge in [0.25, 0.3) is 0 Å². The molecule has 0 aliphatic carbocycles. The van der Waals surface area contributed by atoms with Gasteiger partial charge in [-0.05, 0) is 19.8 Å². The van der Waals surface area contributed by atoms with Crippen LogP contribution in [0.25, 0.3) is 0 Å². The Morgan fingerprint density at radius 1 is 1.45 bits per heavy atom. The normalized spacial score (nSPS) is 11.1. The molecular formula is C14H25N3O2S. The van der Waals surface area contributed by atoms with E-state index in [-0.39, 0.29) is 5.91 Å². The van der Waals surface area contributed by atoms with Crippen LogP contribution in [0.1, 0.15) is 25.2 Å². The molecule has 20 heavy (non-hydrogen) atoms. The number of aromatic nitrogens is 2. The molecule has 0 fully saturated rings. The van der Waals surface area contributed by atoms with E-state index >= 15 is 0 Å². The molecule has 0 aromatic carbocycles. The first-order valence-corrected chi connectivity index (χ1v) is 7.86. The van der Waals surface area contributed by atoms with Gasteiger partial charge in [0.05, 0.1) is 18.1 Å². The molecule has 0 atom stereocenters. The van der Waals surface area contributed by atoms with Crippen LogP contribution in [-0.4, -0.2) is 41.5 Å². The second-order valence-corrected chi connectivity index (χ2v) is 6.14. The zero-order valence-electron chi connectivity index (χ0n) is 13.0. The molecule has 114 valence electrons. The lowest BCUT2D eigenvalue weighted by Crippen LogP contribution is -2.28. The molecule has 0 spiro atoms. The number of hydrogen-bond acceptors (Lipinski definition) is 4. The Kier molecular flexibility index (Phi) is 7.09. The number of rotatable bonds is 8. The molecule has 1 N–H and O–H groups in total. The van der Waals surface area contributed by atoms with Gasteiger partial charge in [0.15, 0.2) is 5.16 Å². The van der Waals surface area contributed by atoms with Crippen molar-refractivity contribution in [3.63, 3.8) is 0 Å². The Balaban J connectivity index is 2.59. The predicted molar refractivity (Wildman–Crippen MR) is 82.1 cm³/mol. The molecule has 1 aromatic rings. The van der Waals surface area contributed by atoms with Crippen LogP contribution in [0.4, 0.5) is 0 Å². The standard InChI is InChI=1S/C14H25N3O2S/c1-10(2)8-17-12(4)11(3)16-14(17)20-9-13(18)15-6-7-19-5/h10H,6-9H2,1-5H3,(H,15,18). The van der Waals surface area contributed by atoms with Gasteiger partial charge in [0.1, 0.15) is 0 Å². The molecule has 0 aliphatic rings. The Morgan fingerprint density at radius 2 is 2.15 bits per heavy atom. The molecule has 0 unspecified atom stereocenters. The van der Waals surface area contributed by atoms with E-state index < -0.39 is 0 Å². The van der Waals surface area contributed by atoms with Crippen LogP contribution < -0.4 is 5.32 Å². The van der Waals surface area contributed by atoms with E-state index in [9.17, 15) is 4.79 Å². The third-order valence-electron chi connectivity index (χ3n) is 2.93. The molecule has 0 aliphatic heterocycles. The van der Waals surface area contributed by atoms with Crippen molar-refractivity contribution in [1.29, 1.82) is 0 Å². The highest BCUT2D eigenvalue weighted by atomic mass is 32.2. The van der Waals surface area contributed by atoms with E-state index in [1.165, 1.54) is 17.5 Å². The average Bonchev–Trinajstić information content (AvgIpc) is 2.64. The number of nitrogens with zero attached hydrogens (tertiary/aromatic N) is 2. The van der Waals surface area contributed by atoms with Crippen LogP contribution in [0.3, 0.4) is 0 Å². The summed E-state index contributed by atoms with van der Waals surface area (Å²) in [5, 5.41) is 3.74. The van der Waals surface area contributed by atoms with Crippen LogP contribution in [-0.2, 0) is 16.1 Å². The lowest BCUT2D eigenvalue weighted by molar-refractivity contribution is -0.118. The topological polar surface area (TPSA) is 56.1 Å². The largest absolute Gasteiger partial charge is 0.383 e. The summed E-state index contributed by atoms with van der Waals surface area (Å²) < 4.78 is 7.10. The third kappa shape index (κ3) is 5.17. The quantitative estimate of drug-likeness (QED) is 0.589. The molecule has 6 heteroatoms. The molecule has 0 saturated heterocycles. The van der Waals surface area contributed by atoms with Gasteiger partial charge >= 0.3 is 0 Å². The summed E-state index contributed by atoms with van der Waals surface area (Å²) in [6, 6.07) is 0. The SMILES string of the molecule is COCCNC(=O)CSc1nc(C)c(C)n1CC(C)C. The smallest absolute Gasteiger partial charge is 0.230 e. The first-order valence-electron chi connectivity index (χ1n) is 6.87. The van der Waals surface area contributed by atoms with E-state index in [1.807, 2.05) is 6.92 Å². The van der Waals surface area contributed by atoms with Crippen molar-refractivity contribution in [3.8, 4) is 0 Å². The maximum atomic E-state index is 11.7. The Hall–Kier alpha value is -1.01. The number of imidazole rings is 1. The molecular weight excluding hydrogens is 274 g/mol. The fourth-order valence-electron chi connectivity index (χ4n) is 1.79. The number of methoxy groups -OCH3 is 1. The van der Waals surface area contributed by atoms with Crippen LogP contribution in [0.2, 0.25) is 0 Å². The summed E-state index contributed by atoms with van der Waals surface area (Å²) in [6.45, 7) is 10.5. The van der Waals surface area contributed by atoms with Crippen molar-refractivity contribution in [1.82, 2.24) is 14.9 Å². The summed E-state index contributed by atoms with van der Waals surface area (Å²) in [5.74, 6) is 0.955. The van der Waals surface area contributed by atoms with Gasteiger partial charge in [0.2, 0.25) is 5.91 Å². The van der Waals surface area contributed by atoms with E-state index in [2.05, 4.69) is 35.6 Å². The monoisotopic (exact) mass is 299 g/mol. The van der Waals surface area contributed by atoms with Gasteiger partial charge in [0, 0.05) is 25.9 Å². The number of nitrogens with one attached hydrogen (secondary N) is 1. The van der Waals surface area contributed by atoms with Crippen molar-refractivity contribution < 1.29 is 9.53 Å². The van der Waals surface area contributed by atoms with Gasteiger partial charge in [-0.2, -0.15) is 0 Å². The van der Waals surface area contributed by atoms with E-state index in [1.54, 1.807) is 7.11 Å². The second kappa shape index (κ2) is 8.32. The molecule has 0 saturated carbocycles. The number of hydrogen-bond donors (Lipinski definition) is 1. The summed E-state index contributed by atoms with van der Waals surface area (Å²) in [5.41, 5.74) is 2.22. The van der Waals surface area contributed by atoms with Crippen LogP contribution in [0.5, 0.6) is 0 Å². The lowest BCUT2D eigenvalue weighted by atomic mass is 10.2. The minimum atomic E-state index is 0.0152. The zero-order chi connectivity index (χ0) is 15.1. The van der Waals surface area contributed by atoms with E-state index in [0.29, 0.717) is 24.8 Å². The molecule has 1 rings (SSSR count). The number of ether oxygens (including phenoxy) is 1. The fraction of sp³-hybridized carbons (Fsp3) is 0.714. The number of amides is 1. The number of aryl methyl sites for hydroxylation is 1. The van der Waals surface area contributed by atoms with Crippen LogP contribution >= 0.6 is 11.8 Å². The van der Waals surface area contributed by atoms with Crippen molar-refractivity contribution in [2.75, 3.05) is 26.0 Å². The van der Waals surface area contributed by atoms with Crippen molar-refractivity contribution >= 4 is 17.7 Å². The summed E-state index contributed by atoms with van der Waals surface area (Å²) in [7, 11) is 1.62.